The van der Waals surface area contributed by atoms with Crippen molar-refractivity contribution in [3.05, 3.63) is 34.9 Å². The van der Waals surface area contributed by atoms with E-state index in [9.17, 15) is 0 Å². The Labute approximate surface area is 112 Å². The van der Waals surface area contributed by atoms with E-state index < -0.39 is 0 Å². The van der Waals surface area contributed by atoms with Gasteiger partial charge in [0.2, 0.25) is 0 Å². The maximum absolute atomic E-state index is 3.57. The Morgan fingerprint density at radius 3 is 2.67 bits per heavy atom. The molecule has 0 aromatic heterocycles. The van der Waals surface area contributed by atoms with Crippen LogP contribution in [0.2, 0.25) is 0 Å². The van der Waals surface area contributed by atoms with Crippen LogP contribution >= 0.6 is 0 Å². The Morgan fingerprint density at radius 2 is 2.06 bits per heavy atom. The van der Waals surface area contributed by atoms with Gasteiger partial charge in [-0.05, 0) is 56.7 Å². The summed E-state index contributed by atoms with van der Waals surface area (Å²) in [7, 11) is 2.12. The summed E-state index contributed by atoms with van der Waals surface area (Å²) in [5.41, 5.74) is 4.32. The number of hydrogen-bond acceptors (Lipinski definition) is 1. The third kappa shape index (κ3) is 2.77. The minimum Gasteiger partial charge on any atom is -0.313 e. The molecule has 1 nitrogen and oxygen atoms in total. The molecule has 1 heteroatoms. The van der Waals surface area contributed by atoms with Crippen molar-refractivity contribution in [1.29, 1.82) is 0 Å². The molecule has 1 fully saturated rings. The largest absolute Gasteiger partial charge is 0.313 e. The Hall–Kier alpha value is -0.820. The summed E-state index contributed by atoms with van der Waals surface area (Å²) in [5, 5.41) is 3.57. The molecule has 2 rings (SSSR count). The standard InChI is InChI=1S/C17H27N/c1-5-14-8-9-15(11-14)17(18-4)16-10-12(2)6-7-13(16)3/h6-7,10,14-15,17-18H,5,8-9,11H2,1-4H3. The van der Waals surface area contributed by atoms with E-state index in [1.807, 2.05) is 0 Å². The summed E-state index contributed by atoms with van der Waals surface area (Å²) >= 11 is 0. The first kappa shape index (κ1) is 13.6. The molecule has 3 unspecified atom stereocenters. The van der Waals surface area contributed by atoms with Crippen LogP contribution in [-0.2, 0) is 0 Å². The first-order valence-corrected chi connectivity index (χ1v) is 7.40. The average Bonchev–Trinajstić information content (AvgIpc) is 2.83. The second-order valence-corrected chi connectivity index (χ2v) is 5.97. The van der Waals surface area contributed by atoms with Gasteiger partial charge in [-0.1, -0.05) is 43.5 Å². The summed E-state index contributed by atoms with van der Waals surface area (Å²) in [4.78, 5) is 0. The van der Waals surface area contributed by atoms with Crippen LogP contribution in [0.1, 0.15) is 55.3 Å². The predicted octanol–water partition coefficient (Wildman–Crippen LogP) is 4.39. The first-order chi connectivity index (χ1) is 8.65. The summed E-state index contributed by atoms with van der Waals surface area (Å²) < 4.78 is 0. The zero-order valence-corrected chi connectivity index (χ0v) is 12.3. The Kier molecular flexibility index (Phi) is 4.45. The molecule has 0 aliphatic heterocycles. The van der Waals surface area contributed by atoms with E-state index in [4.69, 9.17) is 0 Å². The smallest absolute Gasteiger partial charge is 0.0348 e. The topological polar surface area (TPSA) is 12.0 Å². The fourth-order valence-electron chi connectivity index (χ4n) is 3.53. The highest BCUT2D eigenvalue weighted by Crippen LogP contribution is 2.41. The lowest BCUT2D eigenvalue weighted by Crippen LogP contribution is -2.24. The fraction of sp³-hybridized carbons (Fsp3) is 0.647. The van der Waals surface area contributed by atoms with Gasteiger partial charge in [-0.2, -0.15) is 0 Å². The minimum atomic E-state index is 0.543. The van der Waals surface area contributed by atoms with Crippen LogP contribution in [-0.4, -0.2) is 7.05 Å². The van der Waals surface area contributed by atoms with Crippen molar-refractivity contribution in [2.24, 2.45) is 11.8 Å². The highest BCUT2D eigenvalue weighted by atomic mass is 14.9. The van der Waals surface area contributed by atoms with Gasteiger partial charge in [0.1, 0.15) is 0 Å². The molecule has 1 aliphatic carbocycles. The molecule has 1 aromatic rings. The van der Waals surface area contributed by atoms with Crippen molar-refractivity contribution in [2.75, 3.05) is 7.05 Å². The fourth-order valence-corrected chi connectivity index (χ4v) is 3.53. The highest BCUT2D eigenvalue weighted by molar-refractivity contribution is 5.33. The van der Waals surface area contributed by atoms with E-state index in [1.54, 1.807) is 0 Å². The lowest BCUT2D eigenvalue weighted by molar-refractivity contribution is 0.371. The van der Waals surface area contributed by atoms with Gasteiger partial charge in [0.25, 0.3) is 0 Å². The van der Waals surface area contributed by atoms with Crippen LogP contribution in [0.4, 0.5) is 0 Å². The van der Waals surface area contributed by atoms with Gasteiger partial charge >= 0.3 is 0 Å². The maximum Gasteiger partial charge on any atom is 0.0348 e. The van der Waals surface area contributed by atoms with Crippen molar-refractivity contribution in [3.8, 4) is 0 Å². The number of nitrogens with one attached hydrogen (secondary N) is 1. The van der Waals surface area contributed by atoms with E-state index in [1.165, 1.54) is 42.4 Å². The molecule has 100 valence electrons. The van der Waals surface area contributed by atoms with Gasteiger partial charge in [-0.25, -0.2) is 0 Å². The van der Waals surface area contributed by atoms with E-state index in [-0.39, 0.29) is 0 Å². The molecule has 0 bridgehead atoms. The zero-order valence-electron chi connectivity index (χ0n) is 12.3. The van der Waals surface area contributed by atoms with Gasteiger partial charge in [0.15, 0.2) is 0 Å². The van der Waals surface area contributed by atoms with Crippen molar-refractivity contribution in [1.82, 2.24) is 5.32 Å². The van der Waals surface area contributed by atoms with Crippen LogP contribution in [0.3, 0.4) is 0 Å². The predicted molar refractivity (Wildman–Crippen MR) is 78.8 cm³/mol. The molecule has 0 amide bonds. The normalized spacial score (nSPS) is 25.3. The lowest BCUT2D eigenvalue weighted by Gasteiger charge is -2.26. The van der Waals surface area contributed by atoms with Crippen molar-refractivity contribution >= 4 is 0 Å². The van der Waals surface area contributed by atoms with Crippen molar-refractivity contribution in [3.63, 3.8) is 0 Å². The maximum atomic E-state index is 3.57. The number of benzene rings is 1. The van der Waals surface area contributed by atoms with Crippen LogP contribution in [0, 0.1) is 25.7 Å². The summed E-state index contributed by atoms with van der Waals surface area (Å²) in [6, 6.07) is 7.40. The van der Waals surface area contributed by atoms with Gasteiger partial charge < -0.3 is 5.32 Å². The quantitative estimate of drug-likeness (QED) is 0.829. The SMILES string of the molecule is CCC1CCC(C(NC)c2cc(C)ccc2C)C1. The van der Waals surface area contributed by atoms with Gasteiger partial charge in [-0.3, -0.25) is 0 Å². The molecule has 1 N–H and O–H groups in total. The van der Waals surface area contributed by atoms with Gasteiger partial charge in [0, 0.05) is 6.04 Å². The second kappa shape index (κ2) is 5.88. The second-order valence-electron chi connectivity index (χ2n) is 5.97. The molecule has 1 saturated carbocycles. The summed E-state index contributed by atoms with van der Waals surface area (Å²) in [5.74, 6) is 1.77. The van der Waals surface area contributed by atoms with E-state index in [0.717, 1.165) is 11.8 Å². The Balaban J connectivity index is 2.20. The van der Waals surface area contributed by atoms with E-state index >= 15 is 0 Å². The molecule has 0 heterocycles. The molecular weight excluding hydrogens is 218 g/mol. The van der Waals surface area contributed by atoms with Gasteiger partial charge in [0.05, 0.1) is 0 Å². The third-order valence-corrected chi connectivity index (χ3v) is 4.71. The zero-order chi connectivity index (χ0) is 13.1. The van der Waals surface area contributed by atoms with Crippen LogP contribution in [0.25, 0.3) is 0 Å². The molecule has 0 saturated heterocycles. The summed E-state index contributed by atoms with van der Waals surface area (Å²) in [6.07, 6.45) is 5.55. The molecule has 3 atom stereocenters. The molecule has 1 aliphatic rings. The van der Waals surface area contributed by atoms with Crippen molar-refractivity contribution < 1.29 is 0 Å². The Morgan fingerprint density at radius 1 is 1.28 bits per heavy atom. The van der Waals surface area contributed by atoms with Crippen LogP contribution < -0.4 is 5.32 Å². The third-order valence-electron chi connectivity index (χ3n) is 4.71. The number of rotatable bonds is 4. The minimum absolute atomic E-state index is 0.543. The van der Waals surface area contributed by atoms with Crippen LogP contribution in [0.5, 0.6) is 0 Å². The van der Waals surface area contributed by atoms with Crippen LogP contribution in [0.15, 0.2) is 18.2 Å². The molecular formula is C17H27N. The van der Waals surface area contributed by atoms with E-state index in [0.29, 0.717) is 6.04 Å². The van der Waals surface area contributed by atoms with Crippen molar-refractivity contribution in [2.45, 2.75) is 52.5 Å². The highest BCUT2D eigenvalue weighted by Gasteiger charge is 2.30. The lowest BCUT2D eigenvalue weighted by atomic mass is 9.87. The summed E-state index contributed by atoms with van der Waals surface area (Å²) in [6.45, 7) is 6.77. The molecule has 0 spiro atoms. The first-order valence-electron chi connectivity index (χ1n) is 7.40. The molecule has 1 aromatic carbocycles. The molecule has 0 radical (unpaired) electrons. The number of hydrogen-bond donors (Lipinski definition) is 1. The Bertz CT molecular complexity index is 397. The average molecular weight is 245 g/mol. The number of aryl methyl sites for hydroxylation is 2. The molecule has 18 heavy (non-hydrogen) atoms. The van der Waals surface area contributed by atoms with Gasteiger partial charge in [-0.15, -0.1) is 0 Å². The van der Waals surface area contributed by atoms with E-state index in [2.05, 4.69) is 51.3 Å². The monoisotopic (exact) mass is 245 g/mol.